The molecule has 0 N–H and O–H groups in total. The Balaban J connectivity index is 2.08. The first-order valence-corrected chi connectivity index (χ1v) is 8.72. The average Bonchev–Trinajstić information content (AvgIpc) is 2.89. The number of alkyl halides is 1. The Morgan fingerprint density at radius 2 is 2.23 bits per heavy atom. The van der Waals surface area contributed by atoms with Crippen molar-refractivity contribution in [3.8, 4) is 0 Å². The van der Waals surface area contributed by atoms with E-state index in [1.165, 1.54) is 12.1 Å². The van der Waals surface area contributed by atoms with E-state index in [0.29, 0.717) is 23.0 Å². The summed E-state index contributed by atoms with van der Waals surface area (Å²) < 4.78 is 38.8. The Morgan fingerprint density at radius 3 is 2.82 bits per heavy atom. The Morgan fingerprint density at radius 1 is 1.50 bits per heavy atom. The van der Waals surface area contributed by atoms with Gasteiger partial charge in [0.25, 0.3) is 0 Å². The van der Waals surface area contributed by atoms with Crippen LogP contribution in [0.15, 0.2) is 18.2 Å². The normalized spacial score (nSPS) is 24.7. The lowest BCUT2D eigenvalue weighted by Crippen LogP contribution is -2.28. The van der Waals surface area contributed by atoms with Crippen LogP contribution in [0.25, 0.3) is 0 Å². The van der Waals surface area contributed by atoms with E-state index in [4.69, 9.17) is 9.47 Å². The fourth-order valence-corrected chi connectivity index (χ4v) is 3.49. The number of carbonyl (C=O) groups excluding carboxylic acids is 1. The molecule has 2 atom stereocenters. The third-order valence-electron chi connectivity index (χ3n) is 3.78. The van der Waals surface area contributed by atoms with Crippen molar-refractivity contribution in [3.63, 3.8) is 0 Å². The molecule has 1 heterocycles. The lowest BCUT2D eigenvalue weighted by molar-refractivity contribution is -0.148. The molecule has 1 aliphatic rings. The van der Waals surface area contributed by atoms with Gasteiger partial charge in [0, 0.05) is 22.0 Å². The van der Waals surface area contributed by atoms with Gasteiger partial charge in [0.05, 0.1) is 19.1 Å². The molecule has 1 fully saturated rings. The molecule has 0 amide bonds. The first-order valence-electron chi connectivity index (χ1n) is 7.20. The van der Waals surface area contributed by atoms with E-state index < -0.39 is 17.2 Å². The number of benzene rings is 1. The number of esters is 1. The largest absolute Gasteiger partial charge is 0.465 e. The number of rotatable bonds is 5. The molecule has 22 heavy (non-hydrogen) atoms. The first-order chi connectivity index (χ1) is 10.4. The van der Waals surface area contributed by atoms with Crippen LogP contribution in [0, 0.1) is 23.5 Å². The summed E-state index contributed by atoms with van der Waals surface area (Å²) in [7, 11) is 0. The molecule has 0 spiro atoms. The quantitative estimate of drug-likeness (QED) is 0.410. The van der Waals surface area contributed by atoms with Crippen LogP contribution in [0.4, 0.5) is 8.78 Å². The summed E-state index contributed by atoms with van der Waals surface area (Å²) in [5.41, 5.74) is -0.422. The number of halogens is 3. The third kappa shape index (κ3) is 3.76. The Kier molecular flexibility index (Phi) is 5.76. The summed E-state index contributed by atoms with van der Waals surface area (Å²) >= 11 is 2.14. The molecule has 0 unspecified atom stereocenters. The minimum atomic E-state index is -0.784. The van der Waals surface area contributed by atoms with E-state index in [2.05, 4.69) is 22.6 Å². The van der Waals surface area contributed by atoms with E-state index >= 15 is 0 Å². The fourth-order valence-electron chi connectivity index (χ4n) is 2.55. The van der Waals surface area contributed by atoms with Gasteiger partial charge in [-0.2, -0.15) is 0 Å². The summed E-state index contributed by atoms with van der Waals surface area (Å²) in [5, 5.41) is 0. The van der Waals surface area contributed by atoms with Crippen molar-refractivity contribution in [3.05, 3.63) is 35.4 Å². The second-order valence-corrected chi connectivity index (χ2v) is 6.68. The maximum absolute atomic E-state index is 14.1. The highest BCUT2D eigenvalue weighted by Crippen LogP contribution is 2.42. The van der Waals surface area contributed by atoms with E-state index in [1.54, 1.807) is 13.8 Å². The van der Waals surface area contributed by atoms with Crippen LogP contribution in [-0.2, 0) is 19.9 Å². The lowest BCUT2D eigenvalue weighted by Gasteiger charge is -2.27. The minimum absolute atomic E-state index is 0.0157. The highest BCUT2D eigenvalue weighted by molar-refractivity contribution is 14.1. The minimum Gasteiger partial charge on any atom is -0.465 e. The molecule has 1 aromatic rings. The maximum atomic E-state index is 14.1. The van der Waals surface area contributed by atoms with Crippen LogP contribution < -0.4 is 0 Å². The number of hydrogen-bond acceptors (Lipinski definition) is 3. The first kappa shape index (κ1) is 17.6. The van der Waals surface area contributed by atoms with Crippen molar-refractivity contribution in [1.29, 1.82) is 0 Å². The van der Waals surface area contributed by atoms with Gasteiger partial charge in [0.1, 0.15) is 17.2 Å². The van der Waals surface area contributed by atoms with Gasteiger partial charge in [-0.3, -0.25) is 4.79 Å². The van der Waals surface area contributed by atoms with Crippen LogP contribution >= 0.6 is 22.6 Å². The molecule has 1 aromatic carbocycles. The van der Waals surface area contributed by atoms with Crippen molar-refractivity contribution >= 4 is 28.6 Å². The number of carbonyl (C=O) groups is 1. The van der Waals surface area contributed by atoms with E-state index in [1.807, 2.05) is 0 Å². The molecule has 1 aliphatic heterocycles. The Bertz CT molecular complexity index is 550. The summed E-state index contributed by atoms with van der Waals surface area (Å²) in [6.07, 6.45) is 0.546. The molecule has 3 nitrogen and oxygen atoms in total. The smallest absolute Gasteiger partial charge is 0.308 e. The van der Waals surface area contributed by atoms with Crippen LogP contribution in [0.1, 0.15) is 25.8 Å². The fraction of sp³-hybridized carbons (Fsp3) is 0.562. The van der Waals surface area contributed by atoms with E-state index in [0.717, 1.165) is 6.07 Å². The molecular formula is C16H19F2IO3. The zero-order valence-corrected chi connectivity index (χ0v) is 14.7. The molecule has 0 saturated carbocycles. The third-order valence-corrected chi connectivity index (χ3v) is 5.02. The predicted octanol–water partition coefficient (Wildman–Crippen LogP) is 3.83. The average molecular weight is 424 g/mol. The van der Waals surface area contributed by atoms with Crippen LogP contribution in [0.3, 0.4) is 0 Å². The van der Waals surface area contributed by atoms with Gasteiger partial charge in [-0.1, -0.05) is 42.5 Å². The Hall–Kier alpha value is -0.760. The molecule has 0 aromatic heterocycles. The molecule has 1 saturated heterocycles. The number of hydrogen-bond donors (Lipinski definition) is 0. The summed E-state index contributed by atoms with van der Waals surface area (Å²) in [6, 6.07) is 3.55. The summed E-state index contributed by atoms with van der Waals surface area (Å²) in [5.74, 6) is -1.62. The zero-order chi connectivity index (χ0) is 16.3. The van der Waals surface area contributed by atoms with Crippen LogP contribution in [0.2, 0.25) is 0 Å². The molecule has 0 radical (unpaired) electrons. The van der Waals surface area contributed by atoms with Crippen molar-refractivity contribution in [2.75, 3.05) is 17.6 Å². The molecule has 2 rings (SSSR count). The van der Waals surface area contributed by atoms with Gasteiger partial charge in [-0.25, -0.2) is 8.78 Å². The maximum Gasteiger partial charge on any atom is 0.308 e. The number of ether oxygens (including phenoxy) is 2. The Labute approximate surface area is 142 Å². The predicted molar refractivity (Wildman–Crippen MR) is 86.8 cm³/mol. The topological polar surface area (TPSA) is 35.5 Å². The lowest BCUT2D eigenvalue weighted by atomic mass is 9.89. The van der Waals surface area contributed by atoms with Gasteiger partial charge in [0.15, 0.2) is 0 Å². The SMILES string of the molecule is CC(C)C(=O)OC[C@@H]1CO[C@](CI)(c2ccc(F)cc2F)C1. The van der Waals surface area contributed by atoms with Crippen molar-refractivity contribution in [1.82, 2.24) is 0 Å². The molecule has 0 bridgehead atoms. The standard InChI is InChI=1S/C16H19F2IO3/c1-10(2)15(20)21-7-11-6-16(9-19,22-8-11)13-4-3-12(17)5-14(13)18/h3-5,10-11H,6-9H2,1-2H3/t11-,16-/m1/s1. The zero-order valence-electron chi connectivity index (χ0n) is 12.6. The van der Waals surface area contributed by atoms with Gasteiger partial charge in [0.2, 0.25) is 0 Å². The van der Waals surface area contributed by atoms with Crippen LogP contribution in [0.5, 0.6) is 0 Å². The highest BCUT2D eigenvalue weighted by atomic mass is 127. The van der Waals surface area contributed by atoms with Crippen molar-refractivity contribution in [2.24, 2.45) is 11.8 Å². The van der Waals surface area contributed by atoms with Gasteiger partial charge < -0.3 is 9.47 Å². The highest BCUT2D eigenvalue weighted by Gasteiger charge is 2.43. The van der Waals surface area contributed by atoms with Crippen LogP contribution in [-0.4, -0.2) is 23.6 Å². The summed E-state index contributed by atoms with van der Waals surface area (Å²) in [6.45, 7) is 4.20. The molecular weight excluding hydrogens is 405 g/mol. The van der Waals surface area contributed by atoms with Crippen molar-refractivity contribution in [2.45, 2.75) is 25.9 Å². The van der Waals surface area contributed by atoms with Gasteiger partial charge >= 0.3 is 5.97 Å². The molecule has 0 aliphatic carbocycles. The van der Waals surface area contributed by atoms with Gasteiger partial charge in [-0.15, -0.1) is 0 Å². The monoisotopic (exact) mass is 424 g/mol. The van der Waals surface area contributed by atoms with Crippen molar-refractivity contribution < 1.29 is 23.0 Å². The van der Waals surface area contributed by atoms with Gasteiger partial charge in [-0.05, 0) is 12.5 Å². The van der Waals surface area contributed by atoms with E-state index in [9.17, 15) is 13.6 Å². The molecule has 6 heteroatoms. The second-order valence-electron chi connectivity index (χ2n) is 5.92. The second kappa shape index (κ2) is 7.21. The summed E-state index contributed by atoms with van der Waals surface area (Å²) in [4.78, 5) is 11.5. The van der Waals surface area contributed by atoms with E-state index in [-0.39, 0.29) is 24.4 Å². The molecule has 122 valence electrons.